The van der Waals surface area contributed by atoms with Crippen molar-refractivity contribution in [1.82, 2.24) is 15.2 Å². The van der Waals surface area contributed by atoms with E-state index >= 15 is 0 Å². The lowest BCUT2D eigenvalue weighted by Crippen LogP contribution is -2.69. The van der Waals surface area contributed by atoms with Crippen LogP contribution in [-0.2, 0) is 28.8 Å². The lowest BCUT2D eigenvalue weighted by molar-refractivity contribution is -0.153. The van der Waals surface area contributed by atoms with Crippen molar-refractivity contribution in [3.63, 3.8) is 0 Å². The number of β-lactam (4-membered cyclic amide) rings is 1. The highest BCUT2D eigenvalue weighted by molar-refractivity contribution is 8.01. The molecule has 2 aliphatic rings. The molecular weight excluding hydrogens is 474 g/mol. The van der Waals surface area contributed by atoms with Gasteiger partial charge in [0.1, 0.15) is 30.8 Å². The van der Waals surface area contributed by atoms with Crippen molar-refractivity contribution in [3.05, 3.63) is 22.8 Å². The number of carbonyl (C=O) groups is 4. The zero-order chi connectivity index (χ0) is 24.5. The van der Waals surface area contributed by atoms with Crippen molar-refractivity contribution in [2.75, 3.05) is 19.5 Å². The third-order valence-corrected chi connectivity index (χ3v) is 6.85. The van der Waals surface area contributed by atoms with Crippen LogP contribution in [0.2, 0.25) is 0 Å². The maximum Gasteiger partial charge on any atom is 0.334 e. The number of nitrogens with two attached hydrogens (primary N) is 1. The minimum Gasteiger partial charge on any atom is -0.478 e. The second-order valence-electron chi connectivity index (χ2n) is 8.14. The van der Waals surface area contributed by atoms with Gasteiger partial charge < -0.3 is 30.6 Å². The molecule has 1 saturated heterocycles. The first-order chi connectivity index (χ1) is 15.4. The van der Waals surface area contributed by atoms with Gasteiger partial charge in [-0.25, -0.2) is 9.78 Å². The summed E-state index contributed by atoms with van der Waals surface area (Å²) in [7, 11) is 1.26. The number of carbonyl (C=O) groups excluding carboxylic acids is 3. The molecule has 2 aliphatic heterocycles. The van der Waals surface area contributed by atoms with Gasteiger partial charge in [0.15, 0.2) is 10.8 Å². The summed E-state index contributed by atoms with van der Waals surface area (Å²) in [4.78, 5) is 59.2. The van der Waals surface area contributed by atoms with Crippen molar-refractivity contribution in [3.8, 4) is 0 Å². The summed E-state index contributed by atoms with van der Waals surface area (Å²) in [5, 5.41) is 16.3. The lowest BCUT2D eigenvalue weighted by Gasteiger charge is -2.48. The van der Waals surface area contributed by atoms with E-state index in [1.165, 1.54) is 23.6 Å². The van der Waals surface area contributed by atoms with E-state index in [2.05, 4.69) is 15.5 Å². The third-order valence-electron chi connectivity index (χ3n) is 4.68. The first kappa shape index (κ1) is 24.5. The fourth-order valence-corrected chi connectivity index (χ4v) is 4.94. The number of amides is 2. The molecule has 1 aromatic rings. The molecule has 3 atom stereocenters. The summed E-state index contributed by atoms with van der Waals surface area (Å²) in [5.41, 5.74) is 4.82. The quantitative estimate of drug-likeness (QED) is 0.207. The molecule has 4 N–H and O–H groups in total. The number of ether oxygens (including phenoxy) is 1. The number of aliphatic carboxylic acids is 1. The zero-order valence-corrected chi connectivity index (χ0v) is 19.9. The van der Waals surface area contributed by atoms with Crippen LogP contribution >= 0.6 is 23.1 Å². The number of rotatable bonds is 7. The number of thioether (sulfide) groups is 1. The van der Waals surface area contributed by atoms with Gasteiger partial charge in [-0.1, -0.05) is 5.16 Å². The van der Waals surface area contributed by atoms with E-state index in [-0.39, 0.29) is 28.7 Å². The highest BCUT2D eigenvalue weighted by atomic mass is 32.2. The zero-order valence-electron chi connectivity index (χ0n) is 18.2. The minimum atomic E-state index is -1.23. The van der Waals surface area contributed by atoms with Gasteiger partial charge in [-0.15, -0.1) is 23.1 Å². The number of hydrogen-bond acceptors (Lipinski definition) is 11. The van der Waals surface area contributed by atoms with Crippen molar-refractivity contribution in [2.45, 2.75) is 37.4 Å². The first-order valence-electron chi connectivity index (χ1n) is 9.67. The number of carboxylic acid groups (broad SMARTS) is 1. The molecule has 12 nitrogen and oxygen atoms in total. The molecule has 33 heavy (non-hydrogen) atoms. The summed E-state index contributed by atoms with van der Waals surface area (Å²) in [6.45, 7) is 4.87. The van der Waals surface area contributed by atoms with E-state index in [1.54, 1.807) is 20.8 Å². The average Bonchev–Trinajstić information content (AvgIpc) is 3.17. The molecule has 0 saturated carbocycles. The fourth-order valence-electron chi connectivity index (χ4n) is 2.97. The van der Waals surface area contributed by atoms with Gasteiger partial charge in [0.2, 0.25) is 0 Å². The van der Waals surface area contributed by atoms with Crippen LogP contribution in [0.15, 0.2) is 22.3 Å². The number of carboxylic acids is 1. The normalized spacial score (nSPS) is 22.6. The SMILES string of the molecule is CON=C(C(=O)NC1C(=O)N2C=C(C(=O)O)C(COC(=O)C(C)(C)C)S[C@H]12)c1csc(N)n1. The van der Waals surface area contributed by atoms with Crippen LogP contribution in [0, 0.1) is 5.41 Å². The van der Waals surface area contributed by atoms with Crippen LogP contribution in [0.3, 0.4) is 0 Å². The molecular formula is C19H23N5O7S2. The lowest BCUT2D eigenvalue weighted by atomic mass is 9.97. The predicted octanol–water partition coefficient (Wildman–Crippen LogP) is 0.402. The van der Waals surface area contributed by atoms with E-state index in [9.17, 15) is 24.3 Å². The molecule has 3 rings (SSSR count). The Bertz CT molecular complexity index is 1050. The number of fused-ring (bicyclic) bond motifs is 1. The van der Waals surface area contributed by atoms with Gasteiger partial charge >= 0.3 is 11.9 Å². The Morgan fingerprint density at radius 1 is 1.36 bits per heavy atom. The monoisotopic (exact) mass is 497 g/mol. The van der Waals surface area contributed by atoms with E-state index in [0.717, 1.165) is 23.1 Å². The highest BCUT2D eigenvalue weighted by Gasteiger charge is 2.53. The molecule has 0 aromatic carbocycles. The number of nitrogens with one attached hydrogen (secondary N) is 1. The van der Waals surface area contributed by atoms with Gasteiger partial charge in [-0.05, 0) is 20.8 Å². The Morgan fingerprint density at radius 3 is 2.61 bits per heavy atom. The van der Waals surface area contributed by atoms with Gasteiger partial charge in [0, 0.05) is 11.6 Å². The molecule has 0 radical (unpaired) electrons. The van der Waals surface area contributed by atoms with Crippen molar-refractivity contribution < 1.29 is 33.9 Å². The van der Waals surface area contributed by atoms with Crippen LogP contribution in [0.5, 0.6) is 0 Å². The van der Waals surface area contributed by atoms with Crippen LogP contribution in [0.25, 0.3) is 0 Å². The van der Waals surface area contributed by atoms with Crippen molar-refractivity contribution >= 4 is 57.7 Å². The number of anilines is 1. The summed E-state index contributed by atoms with van der Waals surface area (Å²) in [6, 6.07) is -0.951. The standard InChI is InChI=1S/C19H23N5O7S2/c1-19(2,3)17(29)31-6-10-8(16(27)28)5-24-14(26)12(15(24)33-10)22-13(25)11(23-30-4)9-7-32-18(20)21-9/h5,7,10,12,15H,6H2,1-4H3,(H2,20,21)(H,22,25)(H,27,28)/t10?,12?,15-/m1/s1. The number of aromatic nitrogens is 1. The summed E-state index contributed by atoms with van der Waals surface area (Å²) in [5.74, 6) is -2.90. The number of thiazole rings is 1. The number of hydrogen-bond donors (Lipinski definition) is 3. The second-order valence-corrected chi connectivity index (χ2v) is 10.4. The van der Waals surface area contributed by atoms with Gasteiger partial charge in [0.25, 0.3) is 11.8 Å². The first-order valence-corrected chi connectivity index (χ1v) is 11.5. The molecule has 1 fully saturated rings. The molecule has 3 heterocycles. The molecule has 2 amide bonds. The van der Waals surface area contributed by atoms with E-state index in [4.69, 9.17) is 15.3 Å². The van der Waals surface area contributed by atoms with Crippen LogP contribution in [0.1, 0.15) is 26.5 Å². The van der Waals surface area contributed by atoms with E-state index in [1.807, 2.05) is 0 Å². The van der Waals surface area contributed by atoms with Gasteiger partial charge in [-0.3, -0.25) is 14.4 Å². The van der Waals surface area contributed by atoms with Crippen molar-refractivity contribution in [1.29, 1.82) is 0 Å². The summed E-state index contributed by atoms with van der Waals surface area (Å²) in [6.07, 6.45) is 1.22. The van der Waals surface area contributed by atoms with Crippen LogP contribution in [-0.4, -0.2) is 74.8 Å². The average molecular weight is 498 g/mol. The second kappa shape index (κ2) is 9.39. The Labute approximate surface area is 197 Å². The Kier molecular flexibility index (Phi) is 6.97. The Morgan fingerprint density at radius 2 is 2.06 bits per heavy atom. The summed E-state index contributed by atoms with van der Waals surface area (Å²) >= 11 is 2.22. The number of nitrogens with zero attached hydrogens (tertiary/aromatic N) is 3. The topological polar surface area (TPSA) is 174 Å². The predicted molar refractivity (Wildman–Crippen MR) is 120 cm³/mol. The van der Waals surface area contributed by atoms with E-state index < -0.39 is 45.8 Å². The molecule has 0 aliphatic carbocycles. The van der Waals surface area contributed by atoms with Crippen LogP contribution < -0.4 is 11.1 Å². The number of oxime groups is 1. The smallest absolute Gasteiger partial charge is 0.334 e. The highest BCUT2D eigenvalue weighted by Crippen LogP contribution is 2.41. The molecule has 1 aromatic heterocycles. The molecule has 14 heteroatoms. The Balaban J connectivity index is 1.75. The number of esters is 1. The van der Waals surface area contributed by atoms with E-state index in [0.29, 0.717) is 0 Å². The van der Waals surface area contributed by atoms with Gasteiger partial charge in [-0.2, -0.15) is 0 Å². The Hall–Kier alpha value is -3.13. The van der Waals surface area contributed by atoms with Gasteiger partial charge in [0.05, 0.1) is 16.2 Å². The number of nitrogen functional groups attached to an aromatic ring is 1. The van der Waals surface area contributed by atoms with Crippen LogP contribution in [0.4, 0.5) is 5.13 Å². The fraction of sp³-hybridized carbons (Fsp3) is 0.474. The maximum absolute atomic E-state index is 12.8. The molecule has 2 unspecified atom stereocenters. The molecule has 0 spiro atoms. The summed E-state index contributed by atoms with van der Waals surface area (Å²) < 4.78 is 5.30. The molecule has 0 bridgehead atoms. The maximum atomic E-state index is 12.8. The molecule has 178 valence electrons. The largest absolute Gasteiger partial charge is 0.478 e. The van der Waals surface area contributed by atoms with Crippen molar-refractivity contribution in [2.24, 2.45) is 10.6 Å². The minimum absolute atomic E-state index is 0.0735. The third kappa shape index (κ3) is 5.11.